The number of hydrogen-bond acceptors (Lipinski definition) is 3. The van der Waals surface area contributed by atoms with E-state index in [1.54, 1.807) is 6.07 Å². The Labute approximate surface area is 105 Å². The van der Waals surface area contributed by atoms with Crippen LogP contribution >= 0.6 is 11.6 Å². The van der Waals surface area contributed by atoms with E-state index in [9.17, 15) is 0 Å². The average Bonchev–Trinajstić information content (AvgIpc) is 2.32. The molecule has 0 aliphatic rings. The second kappa shape index (κ2) is 4.73. The summed E-state index contributed by atoms with van der Waals surface area (Å²) < 4.78 is 0. The third-order valence-corrected chi connectivity index (χ3v) is 2.89. The van der Waals surface area contributed by atoms with Crippen molar-refractivity contribution >= 4 is 17.4 Å². The minimum Gasteiger partial charge on any atom is -0.383 e. The molecule has 2 rings (SSSR count). The molecule has 0 radical (unpaired) electrons. The van der Waals surface area contributed by atoms with Crippen LogP contribution in [0.3, 0.4) is 0 Å². The summed E-state index contributed by atoms with van der Waals surface area (Å²) in [4.78, 5) is 4.01. The molecule has 0 saturated heterocycles. The van der Waals surface area contributed by atoms with Gasteiger partial charge in [-0.25, -0.2) is 4.98 Å². The Morgan fingerprint density at radius 2 is 1.88 bits per heavy atom. The predicted molar refractivity (Wildman–Crippen MR) is 70.9 cm³/mol. The highest BCUT2D eigenvalue weighted by Crippen LogP contribution is 2.25. The van der Waals surface area contributed by atoms with E-state index in [0.29, 0.717) is 10.8 Å². The largest absolute Gasteiger partial charge is 0.383 e. The summed E-state index contributed by atoms with van der Waals surface area (Å²) in [6.07, 6.45) is 1.52. The van der Waals surface area contributed by atoms with Gasteiger partial charge in [0, 0.05) is 11.8 Å². The van der Waals surface area contributed by atoms with E-state index in [4.69, 9.17) is 23.1 Å². The van der Waals surface area contributed by atoms with E-state index in [1.165, 1.54) is 11.8 Å². The standard InChI is InChI=1S/C13H14ClN3/c1-8-2-4-9(5-3-8)12(15)11-6-10(14)7-17-13(11)16/h2-7,12H,15H2,1H3,(H2,16,17). The van der Waals surface area contributed by atoms with Crippen molar-refractivity contribution in [3.05, 3.63) is 58.2 Å². The van der Waals surface area contributed by atoms with Crippen LogP contribution in [0, 0.1) is 6.92 Å². The predicted octanol–water partition coefficient (Wildman–Crippen LogP) is 2.67. The number of rotatable bonds is 2. The van der Waals surface area contributed by atoms with E-state index in [1.807, 2.05) is 31.2 Å². The van der Waals surface area contributed by atoms with E-state index < -0.39 is 0 Å². The van der Waals surface area contributed by atoms with Crippen molar-refractivity contribution in [3.63, 3.8) is 0 Å². The second-order valence-electron chi connectivity index (χ2n) is 4.02. The van der Waals surface area contributed by atoms with E-state index in [2.05, 4.69) is 4.98 Å². The number of halogens is 1. The SMILES string of the molecule is Cc1ccc(C(N)c2cc(Cl)cnc2N)cc1. The molecule has 0 bridgehead atoms. The van der Waals surface area contributed by atoms with Crippen LogP contribution in [-0.2, 0) is 0 Å². The molecule has 3 nitrogen and oxygen atoms in total. The highest BCUT2D eigenvalue weighted by molar-refractivity contribution is 6.30. The zero-order valence-electron chi connectivity index (χ0n) is 9.52. The van der Waals surface area contributed by atoms with Gasteiger partial charge in [0.15, 0.2) is 0 Å². The number of hydrogen-bond donors (Lipinski definition) is 2. The second-order valence-corrected chi connectivity index (χ2v) is 4.45. The normalized spacial score (nSPS) is 12.4. The van der Waals surface area contributed by atoms with Crippen molar-refractivity contribution < 1.29 is 0 Å². The lowest BCUT2D eigenvalue weighted by atomic mass is 9.99. The number of nitrogens with two attached hydrogens (primary N) is 2. The first-order valence-electron chi connectivity index (χ1n) is 5.31. The van der Waals surface area contributed by atoms with Crippen LogP contribution < -0.4 is 11.5 Å². The summed E-state index contributed by atoms with van der Waals surface area (Å²) in [6.45, 7) is 2.03. The monoisotopic (exact) mass is 247 g/mol. The molecular formula is C13H14ClN3. The van der Waals surface area contributed by atoms with Gasteiger partial charge in [-0.1, -0.05) is 41.4 Å². The molecular weight excluding hydrogens is 234 g/mol. The molecule has 0 fully saturated rings. The van der Waals surface area contributed by atoms with Gasteiger partial charge in [-0.05, 0) is 18.6 Å². The first-order valence-corrected chi connectivity index (χ1v) is 5.69. The van der Waals surface area contributed by atoms with Crippen LogP contribution in [0.25, 0.3) is 0 Å². The Hall–Kier alpha value is -1.58. The van der Waals surface area contributed by atoms with Crippen molar-refractivity contribution in [1.29, 1.82) is 0 Å². The molecule has 17 heavy (non-hydrogen) atoms. The fourth-order valence-electron chi connectivity index (χ4n) is 1.67. The summed E-state index contributed by atoms with van der Waals surface area (Å²) in [7, 11) is 0. The van der Waals surface area contributed by atoms with E-state index in [-0.39, 0.29) is 6.04 Å². The Morgan fingerprint density at radius 3 is 2.53 bits per heavy atom. The Balaban J connectivity index is 2.39. The minimum atomic E-state index is -0.304. The summed E-state index contributed by atoms with van der Waals surface area (Å²) >= 11 is 5.90. The maximum atomic E-state index is 6.16. The van der Waals surface area contributed by atoms with Crippen LogP contribution in [0.5, 0.6) is 0 Å². The molecule has 1 aromatic carbocycles. The van der Waals surface area contributed by atoms with Crippen molar-refractivity contribution in [2.75, 3.05) is 5.73 Å². The van der Waals surface area contributed by atoms with E-state index in [0.717, 1.165) is 11.1 Å². The molecule has 0 saturated carbocycles. The maximum absolute atomic E-state index is 6.16. The number of nitrogen functional groups attached to an aromatic ring is 1. The fourth-order valence-corrected chi connectivity index (χ4v) is 1.83. The summed E-state index contributed by atoms with van der Waals surface area (Å²) in [6, 6.07) is 9.46. The Kier molecular flexibility index (Phi) is 3.31. The van der Waals surface area contributed by atoms with Gasteiger partial charge >= 0.3 is 0 Å². The molecule has 4 heteroatoms. The molecule has 0 spiro atoms. The maximum Gasteiger partial charge on any atom is 0.128 e. The van der Waals surface area contributed by atoms with Gasteiger partial charge in [0.25, 0.3) is 0 Å². The molecule has 1 atom stereocenters. The number of nitrogens with zero attached hydrogens (tertiary/aromatic N) is 1. The lowest BCUT2D eigenvalue weighted by Crippen LogP contribution is -2.14. The molecule has 0 aliphatic heterocycles. The lowest BCUT2D eigenvalue weighted by Gasteiger charge is -2.14. The molecule has 0 aliphatic carbocycles. The Bertz CT molecular complexity index is 523. The van der Waals surface area contributed by atoms with Crippen molar-refractivity contribution in [1.82, 2.24) is 4.98 Å². The molecule has 1 aromatic heterocycles. The summed E-state index contributed by atoms with van der Waals surface area (Å²) in [5, 5.41) is 0.539. The number of aromatic nitrogens is 1. The third kappa shape index (κ3) is 2.57. The number of aryl methyl sites for hydroxylation is 1. The fraction of sp³-hybridized carbons (Fsp3) is 0.154. The van der Waals surface area contributed by atoms with Gasteiger partial charge < -0.3 is 11.5 Å². The Morgan fingerprint density at radius 1 is 1.24 bits per heavy atom. The van der Waals surface area contributed by atoms with Gasteiger partial charge in [0.1, 0.15) is 5.82 Å². The molecule has 1 unspecified atom stereocenters. The zero-order valence-corrected chi connectivity index (χ0v) is 10.3. The molecule has 1 heterocycles. The number of benzene rings is 1. The van der Waals surface area contributed by atoms with Crippen molar-refractivity contribution in [2.45, 2.75) is 13.0 Å². The topological polar surface area (TPSA) is 64.9 Å². The van der Waals surface area contributed by atoms with Gasteiger partial charge in [-0.3, -0.25) is 0 Å². The molecule has 88 valence electrons. The van der Waals surface area contributed by atoms with Crippen LogP contribution in [0.1, 0.15) is 22.7 Å². The molecule has 4 N–H and O–H groups in total. The highest BCUT2D eigenvalue weighted by atomic mass is 35.5. The first-order chi connectivity index (χ1) is 8.08. The van der Waals surface area contributed by atoms with Gasteiger partial charge in [0.05, 0.1) is 11.1 Å². The van der Waals surface area contributed by atoms with E-state index >= 15 is 0 Å². The summed E-state index contributed by atoms with van der Waals surface area (Å²) in [5.41, 5.74) is 14.9. The van der Waals surface area contributed by atoms with Crippen LogP contribution in [0.15, 0.2) is 36.5 Å². The van der Waals surface area contributed by atoms with Crippen LogP contribution in [0.4, 0.5) is 5.82 Å². The lowest BCUT2D eigenvalue weighted by molar-refractivity contribution is 0.867. The quantitative estimate of drug-likeness (QED) is 0.858. The van der Waals surface area contributed by atoms with Gasteiger partial charge in [-0.2, -0.15) is 0 Å². The highest BCUT2D eigenvalue weighted by Gasteiger charge is 2.13. The smallest absolute Gasteiger partial charge is 0.128 e. The number of pyridine rings is 1. The average molecular weight is 248 g/mol. The summed E-state index contributed by atoms with van der Waals surface area (Å²) in [5.74, 6) is 0.419. The molecule has 2 aromatic rings. The number of anilines is 1. The van der Waals surface area contributed by atoms with Gasteiger partial charge in [0.2, 0.25) is 0 Å². The van der Waals surface area contributed by atoms with Crippen molar-refractivity contribution in [2.24, 2.45) is 5.73 Å². The van der Waals surface area contributed by atoms with Gasteiger partial charge in [-0.15, -0.1) is 0 Å². The zero-order chi connectivity index (χ0) is 12.4. The first kappa shape index (κ1) is 11.9. The van der Waals surface area contributed by atoms with Crippen LogP contribution in [0.2, 0.25) is 5.02 Å². The third-order valence-electron chi connectivity index (χ3n) is 2.69. The van der Waals surface area contributed by atoms with Crippen molar-refractivity contribution in [3.8, 4) is 0 Å². The van der Waals surface area contributed by atoms with Crippen LogP contribution in [-0.4, -0.2) is 4.98 Å². The minimum absolute atomic E-state index is 0.304. The molecule has 0 amide bonds.